The highest BCUT2D eigenvalue weighted by molar-refractivity contribution is 5.70. The van der Waals surface area contributed by atoms with Crippen LogP contribution in [0, 0.1) is 0 Å². The van der Waals surface area contributed by atoms with Gasteiger partial charge in [-0.05, 0) is 72.4 Å². The molecule has 0 aliphatic heterocycles. The van der Waals surface area contributed by atoms with E-state index in [1.165, 1.54) is 16.7 Å². The van der Waals surface area contributed by atoms with Gasteiger partial charge in [-0.3, -0.25) is 0 Å². The summed E-state index contributed by atoms with van der Waals surface area (Å²) in [6, 6.07) is 2.44. The molecule has 0 atom stereocenters. The first-order valence-electron chi connectivity index (χ1n) is 8.08. The minimum absolute atomic E-state index is 0.952. The maximum atomic E-state index is 3.82. The molecule has 1 rings (SSSR count). The third-order valence-corrected chi connectivity index (χ3v) is 4.22. The summed E-state index contributed by atoms with van der Waals surface area (Å²) in [4.78, 5) is 0. The second kappa shape index (κ2) is 8.09. The van der Waals surface area contributed by atoms with E-state index >= 15 is 0 Å². The predicted molar refractivity (Wildman–Crippen MR) is 92.4 cm³/mol. The minimum atomic E-state index is 0.952. The summed E-state index contributed by atoms with van der Waals surface area (Å²) in [5.74, 6) is 0. The van der Waals surface area contributed by atoms with Crippen LogP contribution in [0.25, 0.3) is 5.57 Å². The summed E-state index contributed by atoms with van der Waals surface area (Å²) in [6.45, 7) is 15.2. The third kappa shape index (κ3) is 3.42. The molecule has 0 fully saturated rings. The quantitative estimate of drug-likeness (QED) is 0.540. The number of hydrogen-bond donors (Lipinski definition) is 0. The highest BCUT2D eigenvalue weighted by Gasteiger charge is 2.14. The fraction of sp³-hybridized carbons (Fsp3) is 0.500. The number of benzene rings is 1. The Kier molecular flexibility index (Phi) is 6.78. The summed E-state index contributed by atoms with van der Waals surface area (Å²) in [6.07, 6.45) is 9.75. The monoisotopic (exact) mass is 270 g/mol. The van der Waals surface area contributed by atoms with Crippen molar-refractivity contribution in [2.45, 2.75) is 66.7 Å². The zero-order chi connectivity index (χ0) is 15.1. The van der Waals surface area contributed by atoms with Crippen LogP contribution in [0.1, 0.15) is 68.9 Å². The summed E-state index contributed by atoms with van der Waals surface area (Å²) < 4.78 is 0. The van der Waals surface area contributed by atoms with E-state index in [4.69, 9.17) is 0 Å². The Morgan fingerprint density at radius 2 is 1.55 bits per heavy atom. The summed E-state index contributed by atoms with van der Waals surface area (Å²) >= 11 is 0. The molecule has 0 aliphatic rings. The highest BCUT2D eigenvalue weighted by Crippen LogP contribution is 2.30. The molecule has 110 valence electrons. The first kappa shape index (κ1) is 16.8. The third-order valence-electron chi connectivity index (χ3n) is 4.22. The average molecular weight is 270 g/mol. The largest absolute Gasteiger partial charge is 0.103 e. The molecule has 0 saturated carbocycles. The fourth-order valence-corrected chi connectivity index (χ4v) is 3.20. The van der Waals surface area contributed by atoms with E-state index in [9.17, 15) is 0 Å². The van der Waals surface area contributed by atoms with E-state index in [2.05, 4.69) is 53.3 Å². The minimum Gasteiger partial charge on any atom is -0.103 e. The molecule has 0 radical (unpaired) electrons. The van der Waals surface area contributed by atoms with Crippen molar-refractivity contribution < 1.29 is 0 Å². The lowest BCUT2D eigenvalue weighted by molar-refractivity contribution is 0.939. The van der Waals surface area contributed by atoms with Crippen molar-refractivity contribution in [3.05, 3.63) is 52.6 Å². The molecule has 0 saturated heterocycles. The van der Waals surface area contributed by atoms with Gasteiger partial charge in [0, 0.05) is 0 Å². The molecule has 20 heavy (non-hydrogen) atoms. The van der Waals surface area contributed by atoms with Crippen LogP contribution in [0.2, 0.25) is 0 Å². The van der Waals surface area contributed by atoms with E-state index in [-0.39, 0.29) is 0 Å². The van der Waals surface area contributed by atoms with Crippen molar-refractivity contribution in [2.24, 2.45) is 0 Å². The molecule has 0 heterocycles. The van der Waals surface area contributed by atoms with E-state index in [1.807, 2.05) is 6.08 Å². The maximum Gasteiger partial charge on any atom is -0.0166 e. The van der Waals surface area contributed by atoms with Gasteiger partial charge in [-0.15, -0.1) is 6.58 Å². The highest BCUT2D eigenvalue weighted by atomic mass is 14.2. The molecule has 0 unspecified atom stereocenters. The Labute approximate surface area is 125 Å². The molecule has 0 bridgehead atoms. The van der Waals surface area contributed by atoms with Gasteiger partial charge in [0.1, 0.15) is 0 Å². The second-order valence-corrected chi connectivity index (χ2v) is 5.34. The molecule has 0 nitrogen and oxygen atoms in total. The number of aryl methyl sites for hydroxylation is 1. The second-order valence-electron chi connectivity index (χ2n) is 5.34. The SMILES string of the molecule is C=CC/C=C(\C)c1cc(CC)c(CC)c(CC)c1CC. The van der Waals surface area contributed by atoms with Gasteiger partial charge in [0.2, 0.25) is 0 Å². The van der Waals surface area contributed by atoms with Crippen LogP contribution in [0.3, 0.4) is 0 Å². The molecular weight excluding hydrogens is 240 g/mol. The molecule has 0 N–H and O–H groups in total. The first-order valence-corrected chi connectivity index (χ1v) is 8.08. The van der Waals surface area contributed by atoms with Gasteiger partial charge in [-0.25, -0.2) is 0 Å². The molecule has 0 spiro atoms. The summed E-state index contributed by atoms with van der Waals surface area (Å²) in [7, 11) is 0. The van der Waals surface area contributed by atoms with Gasteiger partial charge in [0.25, 0.3) is 0 Å². The zero-order valence-electron chi connectivity index (χ0n) is 14.0. The Balaban J connectivity index is 3.54. The Morgan fingerprint density at radius 3 is 2.00 bits per heavy atom. The molecular formula is C20H30. The molecule has 0 aliphatic carbocycles. The van der Waals surface area contributed by atoms with Crippen molar-refractivity contribution in [1.29, 1.82) is 0 Å². The van der Waals surface area contributed by atoms with E-state index < -0.39 is 0 Å². The van der Waals surface area contributed by atoms with Gasteiger partial charge >= 0.3 is 0 Å². The molecule has 0 aromatic heterocycles. The van der Waals surface area contributed by atoms with E-state index in [0.29, 0.717) is 0 Å². The van der Waals surface area contributed by atoms with Crippen LogP contribution < -0.4 is 0 Å². The Hall–Kier alpha value is -1.30. The standard InChI is InChI=1S/C20H30/c1-7-12-13-15(6)20-14-16(8-2)17(9-3)18(10-4)19(20)11-5/h7,13-14H,1,8-12H2,2-6H3/b15-13+. The van der Waals surface area contributed by atoms with Crippen LogP contribution in [-0.4, -0.2) is 0 Å². The topological polar surface area (TPSA) is 0 Å². The average Bonchev–Trinajstić information content (AvgIpc) is 2.49. The molecule has 1 aromatic rings. The van der Waals surface area contributed by atoms with Gasteiger partial charge < -0.3 is 0 Å². The van der Waals surface area contributed by atoms with Crippen LogP contribution in [0.4, 0.5) is 0 Å². The number of hydrogen-bond acceptors (Lipinski definition) is 0. The lowest BCUT2D eigenvalue weighted by atomic mass is 9.84. The van der Waals surface area contributed by atoms with Gasteiger partial charge in [-0.1, -0.05) is 45.9 Å². The normalized spacial score (nSPS) is 11.8. The van der Waals surface area contributed by atoms with E-state index in [0.717, 1.165) is 32.1 Å². The lowest BCUT2D eigenvalue weighted by Crippen LogP contribution is -2.06. The van der Waals surface area contributed by atoms with Gasteiger partial charge in [0.15, 0.2) is 0 Å². The fourth-order valence-electron chi connectivity index (χ4n) is 3.20. The number of rotatable bonds is 7. The summed E-state index contributed by atoms with van der Waals surface area (Å²) in [5.41, 5.74) is 9.12. The first-order chi connectivity index (χ1) is 9.64. The Morgan fingerprint density at radius 1 is 0.950 bits per heavy atom. The zero-order valence-corrected chi connectivity index (χ0v) is 14.0. The molecule has 1 aromatic carbocycles. The van der Waals surface area contributed by atoms with Crippen LogP contribution in [-0.2, 0) is 25.7 Å². The van der Waals surface area contributed by atoms with Crippen molar-refractivity contribution in [2.75, 3.05) is 0 Å². The summed E-state index contributed by atoms with van der Waals surface area (Å²) in [5, 5.41) is 0. The molecule has 0 amide bonds. The van der Waals surface area contributed by atoms with Crippen LogP contribution >= 0.6 is 0 Å². The Bertz CT molecular complexity index is 489. The van der Waals surface area contributed by atoms with Crippen LogP contribution in [0.15, 0.2) is 24.8 Å². The van der Waals surface area contributed by atoms with Crippen LogP contribution in [0.5, 0.6) is 0 Å². The van der Waals surface area contributed by atoms with Gasteiger partial charge in [0.05, 0.1) is 0 Å². The van der Waals surface area contributed by atoms with E-state index in [1.54, 1.807) is 16.7 Å². The predicted octanol–water partition coefficient (Wildman–Crippen LogP) is 5.92. The molecule has 0 heteroatoms. The van der Waals surface area contributed by atoms with Crippen molar-refractivity contribution in [1.82, 2.24) is 0 Å². The lowest BCUT2D eigenvalue weighted by Gasteiger charge is -2.21. The van der Waals surface area contributed by atoms with Crippen molar-refractivity contribution >= 4 is 5.57 Å². The maximum absolute atomic E-state index is 3.82. The van der Waals surface area contributed by atoms with Gasteiger partial charge in [-0.2, -0.15) is 0 Å². The number of allylic oxidation sites excluding steroid dienone is 3. The smallest absolute Gasteiger partial charge is 0.0166 e. The van der Waals surface area contributed by atoms with Crippen molar-refractivity contribution in [3.8, 4) is 0 Å². The van der Waals surface area contributed by atoms with Crippen molar-refractivity contribution in [3.63, 3.8) is 0 Å².